The van der Waals surface area contributed by atoms with Gasteiger partial charge in [0.15, 0.2) is 6.61 Å². The summed E-state index contributed by atoms with van der Waals surface area (Å²) in [5, 5.41) is 0. The number of terminal acetylenes is 1. The largest absolute Gasteiger partial charge is 0.457 e. The molecule has 0 amide bonds. The molecule has 0 saturated carbocycles. The Balaban J connectivity index is 2.06. The number of halogens is 1. The third-order valence-corrected chi connectivity index (χ3v) is 2.44. The summed E-state index contributed by atoms with van der Waals surface area (Å²) in [6, 6.07) is 9.37. The SMILES string of the molecule is C#CCOC(=O)/C=C/c1ccc(-c2ccc(F)cc2)o1. The molecule has 0 atom stereocenters. The number of ether oxygens (including phenoxy) is 1. The summed E-state index contributed by atoms with van der Waals surface area (Å²) < 4.78 is 23.0. The molecule has 0 aliphatic carbocycles. The molecule has 0 aliphatic heterocycles. The summed E-state index contributed by atoms with van der Waals surface area (Å²) in [7, 11) is 0. The second-order valence-corrected chi connectivity index (χ2v) is 3.85. The molecule has 3 nitrogen and oxygen atoms in total. The van der Waals surface area contributed by atoms with Crippen molar-refractivity contribution in [2.24, 2.45) is 0 Å². The number of rotatable bonds is 4. The topological polar surface area (TPSA) is 39.4 Å². The molecule has 0 fully saturated rings. The van der Waals surface area contributed by atoms with Crippen LogP contribution in [0.5, 0.6) is 0 Å². The fourth-order valence-corrected chi connectivity index (χ4v) is 1.52. The highest BCUT2D eigenvalue weighted by molar-refractivity contribution is 5.86. The van der Waals surface area contributed by atoms with Gasteiger partial charge in [-0.3, -0.25) is 0 Å². The van der Waals surface area contributed by atoms with E-state index in [1.54, 1.807) is 24.3 Å². The maximum absolute atomic E-state index is 12.8. The van der Waals surface area contributed by atoms with Crippen molar-refractivity contribution in [2.75, 3.05) is 6.61 Å². The summed E-state index contributed by atoms with van der Waals surface area (Å²) >= 11 is 0. The van der Waals surface area contributed by atoms with Crippen molar-refractivity contribution in [3.63, 3.8) is 0 Å². The monoisotopic (exact) mass is 270 g/mol. The average molecular weight is 270 g/mol. The van der Waals surface area contributed by atoms with Gasteiger partial charge in [-0.15, -0.1) is 6.42 Å². The average Bonchev–Trinajstić information content (AvgIpc) is 2.92. The lowest BCUT2D eigenvalue weighted by molar-refractivity contribution is -0.136. The van der Waals surface area contributed by atoms with Crippen LogP contribution in [0.3, 0.4) is 0 Å². The van der Waals surface area contributed by atoms with Gasteiger partial charge in [-0.2, -0.15) is 0 Å². The van der Waals surface area contributed by atoms with Gasteiger partial charge < -0.3 is 9.15 Å². The molecule has 2 aromatic rings. The van der Waals surface area contributed by atoms with E-state index in [1.165, 1.54) is 24.3 Å². The van der Waals surface area contributed by atoms with Crippen LogP contribution in [0.25, 0.3) is 17.4 Å². The van der Waals surface area contributed by atoms with E-state index in [9.17, 15) is 9.18 Å². The smallest absolute Gasteiger partial charge is 0.331 e. The molecule has 0 aliphatic rings. The van der Waals surface area contributed by atoms with Crippen molar-refractivity contribution >= 4 is 12.0 Å². The lowest BCUT2D eigenvalue weighted by atomic mass is 10.2. The predicted octanol–water partition coefficient (Wildman–Crippen LogP) is 3.28. The van der Waals surface area contributed by atoms with Crippen molar-refractivity contribution in [1.82, 2.24) is 0 Å². The Morgan fingerprint density at radius 1 is 1.30 bits per heavy atom. The van der Waals surface area contributed by atoms with Crippen LogP contribution in [-0.2, 0) is 9.53 Å². The molecule has 0 spiro atoms. The molecular formula is C16H11FO3. The van der Waals surface area contributed by atoms with E-state index in [0.29, 0.717) is 11.5 Å². The summed E-state index contributed by atoms with van der Waals surface area (Å²) in [4.78, 5) is 11.2. The van der Waals surface area contributed by atoms with Crippen LogP contribution in [0.15, 0.2) is 46.9 Å². The zero-order chi connectivity index (χ0) is 14.4. The molecule has 0 bridgehead atoms. The van der Waals surface area contributed by atoms with Crippen LogP contribution in [0.1, 0.15) is 5.76 Å². The second-order valence-electron chi connectivity index (χ2n) is 3.85. The van der Waals surface area contributed by atoms with Crippen molar-refractivity contribution in [1.29, 1.82) is 0 Å². The van der Waals surface area contributed by atoms with Gasteiger partial charge in [0.05, 0.1) is 0 Å². The minimum Gasteiger partial charge on any atom is -0.457 e. The minimum atomic E-state index is -0.539. The summed E-state index contributed by atoms with van der Waals surface area (Å²) in [6.07, 6.45) is 7.67. The first-order chi connectivity index (χ1) is 9.69. The lowest BCUT2D eigenvalue weighted by Crippen LogP contribution is -1.99. The normalized spacial score (nSPS) is 10.4. The standard InChI is InChI=1S/C16H11FO3/c1-2-11-19-16(18)10-8-14-7-9-15(20-14)12-3-5-13(17)6-4-12/h1,3-10H,11H2/b10-8+. The van der Waals surface area contributed by atoms with Crippen LogP contribution in [0.2, 0.25) is 0 Å². The van der Waals surface area contributed by atoms with Crippen LogP contribution in [-0.4, -0.2) is 12.6 Å². The number of furan rings is 1. The highest BCUT2D eigenvalue weighted by Gasteiger charge is 2.03. The molecule has 4 heteroatoms. The predicted molar refractivity (Wildman–Crippen MR) is 72.9 cm³/mol. The zero-order valence-electron chi connectivity index (χ0n) is 10.5. The number of carbonyl (C=O) groups excluding carboxylic acids is 1. The third-order valence-electron chi connectivity index (χ3n) is 2.44. The summed E-state index contributed by atoms with van der Waals surface area (Å²) in [5.74, 6) is 2.42. The van der Waals surface area contributed by atoms with Gasteiger partial charge in [0.25, 0.3) is 0 Å². The second kappa shape index (κ2) is 6.39. The maximum Gasteiger partial charge on any atom is 0.331 e. The molecule has 100 valence electrons. The summed E-state index contributed by atoms with van der Waals surface area (Å²) in [5.41, 5.74) is 0.751. The minimum absolute atomic E-state index is 0.0673. The number of hydrogen-bond acceptors (Lipinski definition) is 3. The quantitative estimate of drug-likeness (QED) is 0.486. The molecule has 0 unspecified atom stereocenters. The Kier molecular flexibility index (Phi) is 4.35. The Morgan fingerprint density at radius 2 is 2.05 bits per heavy atom. The van der Waals surface area contributed by atoms with Crippen LogP contribution >= 0.6 is 0 Å². The van der Waals surface area contributed by atoms with E-state index in [2.05, 4.69) is 10.7 Å². The van der Waals surface area contributed by atoms with Gasteiger partial charge in [0, 0.05) is 11.6 Å². The molecule has 1 aromatic heterocycles. The van der Waals surface area contributed by atoms with Crippen LogP contribution in [0.4, 0.5) is 4.39 Å². The van der Waals surface area contributed by atoms with Gasteiger partial charge >= 0.3 is 5.97 Å². The Morgan fingerprint density at radius 3 is 2.75 bits per heavy atom. The number of hydrogen-bond donors (Lipinski definition) is 0. The molecule has 0 radical (unpaired) electrons. The van der Waals surface area contributed by atoms with Gasteiger partial charge in [0.2, 0.25) is 0 Å². The van der Waals surface area contributed by atoms with E-state index in [-0.39, 0.29) is 12.4 Å². The number of esters is 1. The van der Waals surface area contributed by atoms with Crippen molar-refractivity contribution in [3.8, 4) is 23.7 Å². The van der Waals surface area contributed by atoms with E-state index in [1.807, 2.05) is 0 Å². The molecule has 0 saturated heterocycles. The van der Waals surface area contributed by atoms with Crippen LogP contribution in [0, 0.1) is 18.2 Å². The van der Waals surface area contributed by atoms with Crippen molar-refractivity contribution in [3.05, 3.63) is 54.1 Å². The maximum atomic E-state index is 12.8. The zero-order valence-corrected chi connectivity index (χ0v) is 10.5. The van der Waals surface area contributed by atoms with Crippen molar-refractivity contribution < 1.29 is 18.3 Å². The Labute approximate surface area is 115 Å². The molecule has 2 rings (SSSR count). The van der Waals surface area contributed by atoms with Gasteiger partial charge in [0.1, 0.15) is 17.3 Å². The van der Waals surface area contributed by atoms with Crippen molar-refractivity contribution in [2.45, 2.75) is 0 Å². The van der Waals surface area contributed by atoms with Gasteiger partial charge in [-0.05, 0) is 42.5 Å². The van der Waals surface area contributed by atoms with E-state index >= 15 is 0 Å². The highest BCUT2D eigenvalue weighted by atomic mass is 19.1. The Hall–Kier alpha value is -2.80. The molecule has 1 aromatic carbocycles. The van der Waals surface area contributed by atoms with E-state index in [4.69, 9.17) is 10.8 Å². The van der Waals surface area contributed by atoms with Gasteiger partial charge in [-0.1, -0.05) is 5.92 Å². The first kappa shape index (κ1) is 13.6. The molecule has 0 N–H and O–H groups in total. The third kappa shape index (κ3) is 3.59. The lowest BCUT2D eigenvalue weighted by Gasteiger charge is -1.96. The molecule has 20 heavy (non-hydrogen) atoms. The number of benzene rings is 1. The fraction of sp³-hybridized carbons (Fsp3) is 0.0625. The highest BCUT2D eigenvalue weighted by Crippen LogP contribution is 2.22. The molecule has 1 heterocycles. The first-order valence-corrected chi connectivity index (χ1v) is 5.83. The number of carbonyl (C=O) groups is 1. The summed E-state index contributed by atoms with van der Waals surface area (Å²) in [6.45, 7) is -0.0673. The fourth-order valence-electron chi connectivity index (χ4n) is 1.52. The van der Waals surface area contributed by atoms with Crippen LogP contribution < -0.4 is 0 Å². The van der Waals surface area contributed by atoms with E-state index in [0.717, 1.165) is 5.56 Å². The first-order valence-electron chi connectivity index (χ1n) is 5.83. The molecular weight excluding hydrogens is 259 g/mol. The Bertz CT molecular complexity index is 660. The van der Waals surface area contributed by atoms with E-state index < -0.39 is 5.97 Å². The van der Waals surface area contributed by atoms with Gasteiger partial charge in [-0.25, -0.2) is 9.18 Å².